The first kappa shape index (κ1) is 27.5. The Hall–Kier alpha value is -2.10. The Balaban J connectivity index is 1.91. The van der Waals surface area contributed by atoms with Crippen molar-refractivity contribution in [1.29, 1.82) is 0 Å². The van der Waals surface area contributed by atoms with Crippen LogP contribution in [-0.4, -0.2) is 50.0 Å². The second-order valence-electron chi connectivity index (χ2n) is 8.97. The van der Waals surface area contributed by atoms with Gasteiger partial charge < -0.3 is 10.2 Å². The van der Waals surface area contributed by atoms with Gasteiger partial charge in [0, 0.05) is 22.1 Å². The van der Waals surface area contributed by atoms with Crippen LogP contribution >= 0.6 is 27.5 Å². The number of carbonyl (C=O) groups is 2. The van der Waals surface area contributed by atoms with Gasteiger partial charge in [0.25, 0.3) is 0 Å². The van der Waals surface area contributed by atoms with Crippen LogP contribution in [0.25, 0.3) is 0 Å². The Kier molecular flexibility index (Phi) is 9.23. The highest BCUT2D eigenvalue weighted by molar-refractivity contribution is 9.10. The number of halogens is 2. The maximum Gasteiger partial charge on any atom is 0.244 e. The van der Waals surface area contributed by atoms with E-state index in [1.165, 1.54) is 4.90 Å². The van der Waals surface area contributed by atoms with Gasteiger partial charge in [-0.25, -0.2) is 8.42 Å². The smallest absolute Gasteiger partial charge is 0.244 e. The fraction of sp³-hybridized carbons (Fsp3) is 0.440. The SMILES string of the molecule is Cc1c(Cl)cccc1N(CC(=O)N(Cc1cccc(Br)c1)[C@H](C)C(=O)NC1CCCC1)S(C)(=O)=O. The fourth-order valence-electron chi connectivity index (χ4n) is 4.27. The molecule has 2 aromatic carbocycles. The first-order valence-electron chi connectivity index (χ1n) is 11.5. The zero-order valence-electron chi connectivity index (χ0n) is 20.1. The summed E-state index contributed by atoms with van der Waals surface area (Å²) in [5.74, 6) is -0.728. The normalized spacial score (nSPS) is 15.0. The molecule has 1 N–H and O–H groups in total. The van der Waals surface area contributed by atoms with E-state index < -0.39 is 28.5 Å². The Morgan fingerprint density at radius 2 is 1.83 bits per heavy atom. The van der Waals surface area contributed by atoms with Crippen molar-refractivity contribution in [2.24, 2.45) is 0 Å². The average Bonchev–Trinajstić information content (AvgIpc) is 3.29. The highest BCUT2D eigenvalue weighted by Gasteiger charge is 2.32. The van der Waals surface area contributed by atoms with Crippen molar-refractivity contribution in [3.05, 3.63) is 63.1 Å². The maximum absolute atomic E-state index is 13.6. The van der Waals surface area contributed by atoms with Gasteiger partial charge in [-0.1, -0.05) is 58.6 Å². The molecule has 1 aliphatic rings. The first-order chi connectivity index (χ1) is 16.5. The van der Waals surface area contributed by atoms with Gasteiger partial charge in [-0.15, -0.1) is 0 Å². The number of nitrogens with zero attached hydrogens (tertiary/aromatic N) is 2. The summed E-state index contributed by atoms with van der Waals surface area (Å²) in [5, 5.41) is 3.45. The van der Waals surface area contributed by atoms with E-state index in [0.29, 0.717) is 16.3 Å². The lowest BCUT2D eigenvalue weighted by Crippen LogP contribution is -2.52. The molecule has 0 aromatic heterocycles. The molecule has 1 saturated carbocycles. The third-order valence-electron chi connectivity index (χ3n) is 6.30. The number of amides is 2. The van der Waals surface area contributed by atoms with Gasteiger partial charge in [0.1, 0.15) is 12.6 Å². The van der Waals surface area contributed by atoms with Crippen molar-refractivity contribution in [1.82, 2.24) is 10.2 Å². The highest BCUT2D eigenvalue weighted by Crippen LogP contribution is 2.28. The zero-order valence-corrected chi connectivity index (χ0v) is 23.3. The van der Waals surface area contributed by atoms with Crippen LogP contribution < -0.4 is 9.62 Å². The predicted molar refractivity (Wildman–Crippen MR) is 143 cm³/mol. The second-order valence-corrected chi connectivity index (χ2v) is 12.2. The van der Waals surface area contributed by atoms with Crippen LogP contribution in [0.4, 0.5) is 5.69 Å². The van der Waals surface area contributed by atoms with Crippen molar-refractivity contribution in [3.63, 3.8) is 0 Å². The molecule has 0 bridgehead atoms. The standard InChI is InChI=1S/C25H31BrClN3O4S/c1-17-22(27)12-7-13-23(17)30(35(3,33)34)16-24(31)29(15-19-8-6-9-20(26)14-19)18(2)25(32)28-21-10-4-5-11-21/h6-9,12-14,18,21H,4-5,10-11,15-16H2,1-3H3,(H,28,32)/t18-/m1/s1. The van der Waals surface area contributed by atoms with Crippen LogP contribution in [0.3, 0.4) is 0 Å². The van der Waals surface area contributed by atoms with Gasteiger partial charge >= 0.3 is 0 Å². The lowest BCUT2D eigenvalue weighted by Gasteiger charge is -2.32. The number of rotatable bonds is 9. The number of benzene rings is 2. The maximum atomic E-state index is 13.6. The summed E-state index contributed by atoms with van der Waals surface area (Å²) >= 11 is 9.67. The van der Waals surface area contributed by atoms with E-state index >= 15 is 0 Å². The molecular formula is C25H31BrClN3O4S. The molecule has 1 aliphatic carbocycles. The van der Waals surface area contributed by atoms with Gasteiger partial charge in [-0.2, -0.15) is 0 Å². The van der Waals surface area contributed by atoms with Crippen molar-refractivity contribution in [2.45, 2.75) is 58.2 Å². The van der Waals surface area contributed by atoms with E-state index in [4.69, 9.17) is 11.6 Å². The van der Waals surface area contributed by atoms with Gasteiger partial charge in [0.2, 0.25) is 21.8 Å². The third-order valence-corrected chi connectivity index (χ3v) is 8.33. The van der Waals surface area contributed by atoms with Gasteiger partial charge in [-0.3, -0.25) is 13.9 Å². The predicted octanol–water partition coefficient (Wildman–Crippen LogP) is 4.65. The van der Waals surface area contributed by atoms with Crippen LogP contribution in [0.2, 0.25) is 5.02 Å². The van der Waals surface area contributed by atoms with Crippen molar-refractivity contribution in [3.8, 4) is 0 Å². The van der Waals surface area contributed by atoms with Crippen molar-refractivity contribution >= 4 is 55.1 Å². The Morgan fingerprint density at radius 3 is 2.46 bits per heavy atom. The molecule has 3 rings (SSSR count). The molecule has 35 heavy (non-hydrogen) atoms. The summed E-state index contributed by atoms with van der Waals surface area (Å²) in [6.45, 7) is 3.09. The summed E-state index contributed by atoms with van der Waals surface area (Å²) in [4.78, 5) is 28.2. The highest BCUT2D eigenvalue weighted by atomic mass is 79.9. The molecule has 190 valence electrons. The molecule has 7 nitrogen and oxygen atoms in total. The Morgan fingerprint density at radius 1 is 1.17 bits per heavy atom. The molecule has 0 heterocycles. The van der Waals surface area contributed by atoms with Crippen molar-refractivity contribution in [2.75, 3.05) is 17.1 Å². The summed E-state index contributed by atoms with van der Waals surface area (Å²) in [5.41, 5.74) is 1.70. The summed E-state index contributed by atoms with van der Waals surface area (Å²) in [6.07, 6.45) is 5.04. The second kappa shape index (κ2) is 11.8. The molecule has 2 amide bonds. The van der Waals surface area contributed by atoms with Crippen LogP contribution in [0.15, 0.2) is 46.9 Å². The summed E-state index contributed by atoms with van der Waals surface area (Å²) < 4.78 is 27.3. The minimum absolute atomic E-state index is 0.106. The average molecular weight is 585 g/mol. The molecule has 0 radical (unpaired) electrons. The Labute approximate surface area is 221 Å². The molecular weight excluding hydrogens is 554 g/mol. The molecule has 0 spiro atoms. The van der Waals surface area contributed by atoms with Crippen LogP contribution in [0.5, 0.6) is 0 Å². The van der Waals surface area contributed by atoms with Crippen LogP contribution in [-0.2, 0) is 26.2 Å². The van der Waals surface area contributed by atoms with Crippen LogP contribution in [0.1, 0.15) is 43.7 Å². The van der Waals surface area contributed by atoms with E-state index in [1.807, 2.05) is 24.3 Å². The molecule has 1 atom stereocenters. The molecule has 10 heteroatoms. The van der Waals surface area contributed by atoms with Gasteiger partial charge in [-0.05, 0) is 62.1 Å². The van der Waals surface area contributed by atoms with E-state index in [9.17, 15) is 18.0 Å². The minimum Gasteiger partial charge on any atom is -0.352 e. The van der Waals surface area contributed by atoms with Crippen LogP contribution in [0, 0.1) is 6.92 Å². The number of carbonyl (C=O) groups excluding carboxylic acids is 2. The topological polar surface area (TPSA) is 86.8 Å². The van der Waals surface area contributed by atoms with E-state index in [2.05, 4.69) is 21.2 Å². The van der Waals surface area contributed by atoms with Crippen molar-refractivity contribution < 1.29 is 18.0 Å². The molecule has 2 aromatic rings. The largest absolute Gasteiger partial charge is 0.352 e. The zero-order chi connectivity index (χ0) is 25.8. The number of hydrogen-bond acceptors (Lipinski definition) is 4. The summed E-state index contributed by atoms with van der Waals surface area (Å²) in [7, 11) is -3.81. The third kappa shape index (κ3) is 7.21. The van der Waals surface area contributed by atoms with Gasteiger partial charge in [0.15, 0.2) is 0 Å². The number of sulfonamides is 1. The molecule has 1 fully saturated rings. The lowest BCUT2D eigenvalue weighted by molar-refractivity contribution is -0.139. The first-order valence-corrected chi connectivity index (χ1v) is 14.6. The van der Waals surface area contributed by atoms with Gasteiger partial charge in [0.05, 0.1) is 11.9 Å². The van der Waals surface area contributed by atoms with E-state index in [1.54, 1.807) is 32.0 Å². The van der Waals surface area contributed by atoms with E-state index in [0.717, 1.165) is 46.3 Å². The summed E-state index contributed by atoms with van der Waals surface area (Å²) in [6, 6.07) is 11.7. The molecule has 0 unspecified atom stereocenters. The molecule has 0 aliphatic heterocycles. The number of anilines is 1. The minimum atomic E-state index is -3.81. The fourth-order valence-corrected chi connectivity index (χ4v) is 5.78. The molecule has 0 saturated heterocycles. The monoisotopic (exact) mass is 583 g/mol. The lowest BCUT2D eigenvalue weighted by atomic mass is 10.1. The Bertz CT molecular complexity index is 1180. The van der Waals surface area contributed by atoms with E-state index in [-0.39, 0.29) is 18.5 Å². The quantitative estimate of drug-likeness (QED) is 0.465. The number of hydrogen-bond donors (Lipinski definition) is 1. The number of nitrogens with one attached hydrogen (secondary N) is 1.